The van der Waals surface area contributed by atoms with Crippen LogP contribution in [0.25, 0.3) is 11.1 Å². The standard InChI is InChI=1S/C18H20ClNO/c1-3-20-12(2)16-6-4-14(11-17(16)19)13-5-7-18-15(10-13)8-9-21-18/h4-7,10-12,20H,3,8-9H2,1-2H3. The van der Waals surface area contributed by atoms with E-state index in [1.165, 1.54) is 11.1 Å². The molecule has 0 saturated carbocycles. The van der Waals surface area contributed by atoms with Crippen molar-refractivity contribution in [1.29, 1.82) is 0 Å². The molecule has 1 N–H and O–H groups in total. The second kappa shape index (κ2) is 6.08. The molecule has 0 amide bonds. The predicted octanol–water partition coefficient (Wildman–Crippen LogP) is 4.61. The zero-order chi connectivity index (χ0) is 14.8. The quantitative estimate of drug-likeness (QED) is 0.890. The first kappa shape index (κ1) is 14.4. The summed E-state index contributed by atoms with van der Waals surface area (Å²) in [4.78, 5) is 0. The molecule has 1 aliphatic heterocycles. The van der Waals surface area contributed by atoms with Gasteiger partial charge in [0, 0.05) is 17.5 Å². The fourth-order valence-corrected chi connectivity index (χ4v) is 3.18. The summed E-state index contributed by atoms with van der Waals surface area (Å²) in [5.74, 6) is 1.02. The van der Waals surface area contributed by atoms with E-state index in [0.29, 0.717) is 0 Å². The molecule has 0 saturated heterocycles. The number of ether oxygens (including phenoxy) is 1. The molecule has 1 unspecified atom stereocenters. The minimum Gasteiger partial charge on any atom is -0.493 e. The van der Waals surface area contributed by atoms with E-state index in [4.69, 9.17) is 16.3 Å². The highest BCUT2D eigenvalue weighted by Gasteiger charge is 2.14. The van der Waals surface area contributed by atoms with Crippen LogP contribution in [0.3, 0.4) is 0 Å². The monoisotopic (exact) mass is 301 g/mol. The largest absolute Gasteiger partial charge is 0.493 e. The van der Waals surface area contributed by atoms with Gasteiger partial charge in [0.2, 0.25) is 0 Å². The normalized spacial score (nSPS) is 14.6. The molecule has 1 heterocycles. The third kappa shape index (κ3) is 2.92. The minimum atomic E-state index is 0.268. The average molecular weight is 302 g/mol. The van der Waals surface area contributed by atoms with Crippen LogP contribution in [0.5, 0.6) is 5.75 Å². The van der Waals surface area contributed by atoms with Gasteiger partial charge >= 0.3 is 0 Å². The lowest BCUT2D eigenvalue weighted by Gasteiger charge is -2.15. The van der Waals surface area contributed by atoms with Crippen LogP contribution in [-0.2, 0) is 6.42 Å². The maximum atomic E-state index is 6.46. The molecule has 0 bridgehead atoms. The Labute approximate surface area is 131 Å². The lowest BCUT2D eigenvalue weighted by Crippen LogP contribution is -2.17. The first-order valence-corrected chi connectivity index (χ1v) is 7.85. The van der Waals surface area contributed by atoms with Crippen molar-refractivity contribution in [2.75, 3.05) is 13.2 Å². The van der Waals surface area contributed by atoms with Gasteiger partial charge in [0.15, 0.2) is 0 Å². The highest BCUT2D eigenvalue weighted by Crippen LogP contribution is 2.33. The van der Waals surface area contributed by atoms with Gasteiger partial charge in [-0.3, -0.25) is 0 Å². The number of rotatable bonds is 4. The van der Waals surface area contributed by atoms with Gasteiger partial charge in [0.1, 0.15) is 5.75 Å². The number of hydrogen-bond donors (Lipinski definition) is 1. The number of hydrogen-bond acceptors (Lipinski definition) is 2. The molecule has 2 aromatic rings. The summed E-state index contributed by atoms with van der Waals surface area (Å²) < 4.78 is 5.56. The topological polar surface area (TPSA) is 21.3 Å². The molecule has 110 valence electrons. The maximum absolute atomic E-state index is 6.46. The van der Waals surface area contributed by atoms with E-state index >= 15 is 0 Å². The van der Waals surface area contributed by atoms with E-state index in [1.54, 1.807) is 0 Å². The van der Waals surface area contributed by atoms with E-state index in [-0.39, 0.29) is 6.04 Å². The fourth-order valence-electron chi connectivity index (χ4n) is 2.84. The number of fused-ring (bicyclic) bond motifs is 1. The van der Waals surface area contributed by atoms with Crippen molar-refractivity contribution in [2.45, 2.75) is 26.3 Å². The zero-order valence-corrected chi connectivity index (χ0v) is 13.2. The maximum Gasteiger partial charge on any atom is 0.122 e. The highest BCUT2D eigenvalue weighted by atomic mass is 35.5. The summed E-state index contributed by atoms with van der Waals surface area (Å²) in [5.41, 5.74) is 4.78. The third-order valence-electron chi connectivity index (χ3n) is 4.00. The van der Waals surface area contributed by atoms with Gasteiger partial charge in [-0.25, -0.2) is 0 Å². The molecule has 1 aliphatic rings. The minimum absolute atomic E-state index is 0.268. The van der Waals surface area contributed by atoms with Crippen LogP contribution in [-0.4, -0.2) is 13.2 Å². The molecule has 21 heavy (non-hydrogen) atoms. The summed E-state index contributed by atoms with van der Waals surface area (Å²) in [6, 6.07) is 13.0. The van der Waals surface area contributed by atoms with Crippen molar-refractivity contribution in [2.24, 2.45) is 0 Å². The molecule has 0 radical (unpaired) electrons. The van der Waals surface area contributed by atoms with E-state index in [1.807, 2.05) is 0 Å². The molecule has 2 aromatic carbocycles. The SMILES string of the molecule is CCNC(C)c1ccc(-c2ccc3c(c2)CCO3)cc1Cl. The first-order chi connectivity index (χ1) is 10.2. The Bertz CT molecular complexity index is 654. The Balaban J connectivity index is 1.91. The van der Waals surface area contributed by atoms with Crippen LogP contribution >= 0.6 is 11.6 Å². The molecular formula is C18H20ClNO. The lowest BCUT2D eigenvalue weighted by atomic mass is 9.99. The van der Waals surface area contributed by atoms with Crippen LogP contribution in [0.1, 0.15) is 31.0 Å². The van der Waals surface area contributed by atoms with Crippen LogP contribution in [0.4, 0.5) is 0 Å². The van der Waals surface area contributed by atoms with Gasteiger partial charge in [-0.15, -0.1) is 0 Å². The van der Waals surface area contributed by atoms with E-state index < -0.39 is 0 Å². The molecular weight excluding hydrogens is 282 g/mol. The first-order valence-electron chi connectivity index (χ1n) is 7.48. The Hall–Kier alpha value is -1.51. The molecule has 0 aliphatic carbocycles. The van der Waals surface area contributed by atoms with E-state index in [9.17, 15) is 0 Å². The van der Waals surface area contributed by atoms with Crippen molar-refractivity contribution in [3.8, 4) is 16.9 Å². The van der Waals surface area contributed by atoms with Crippen LogP contribution in [0.2, 0.25) is 5.02 Å². The van der Waals surface area contributed by atoms with Crippen molar-refractivity contribution in [1.82, 2.24) is 5.32 Å². The molecule has 3 rings (SSSR count). The average Bonchev–Trinajstić information content (AvgIpc) is 2.94. The Morgan fingerprint density at radius 1 is 1.19 bits per heavy atom. The summed E-state index contributed by atoms with van der Waals surface area (Å²) in [6.45, 7) is 5.96. The van der Waals surface area contributed by atoms with Crippen LogP contribution in [0, 0.1) is 0 Å². The Morgan fingerprint density at radius 3 is 2.71 bits per heavy atom. The Kier molecular flexibility index (Phi) is 4.18. The van der Waals surface area contributed by atoms with E-state index in [2.05, 4.69) is 55.6 Å². The van der Waals surface area contributed by atoms with Gasteiger partial charge in [-0.05, 0) is 53.9 Å². The summed E-state index contributed by atoms with van der Waals surface area (Å²) in [6.07, 6.45) is 0.993. The van der Waals surface area contributed by atoms with Gasteiger partial charge in [-0.1, -0.05) is 36.7 Å². The molecule has 1 atom stereocenters. The Morgan fingerprint density at radius 2 is 1.95 bits per heavy atom. The molecule has 0 spiro atoms. The molecule has 2 nitrogen and oxygen atoms in total. The molecule has 3 heteroatoms. The van der Waals surface area contributed by atoms with Crippen molar-refractivity contribution in [3.05, 3.63) is 52.5 Å². The number of benzene rings is 2. The van der Waals surface area contributed by atoms with Crippen molar-refractivity contribution >= 4 is 11.6 Å². The third-order valence-corrected chi connectivity index (χ3v) is 4.33. The van der Waals surface area contributed by atoms with Gasteiger partial charge in [0.25, 0.3) is 0 Å². The second-order valence-corrected chi connectivity index (χ2v) is 5.84. The zero-order valence-electron chi connectivity index (χ0n) is 12.4. The predicted molar refractivity (Wildman–Crippen MR) is 88.2 cm³/mol. The number of nitrogens with one attached hydrogen (secondary N) is 1. The summed E-state index contributed by atoms with van der Waals surface area (Å²) >= 11 is 6.46. The van der Waals surface area contributed by atoms with Crippen molar-refractivity contribution in [3.63, 3.8) is 0 Å². The van der Waals surface area contributed by atoms with Gasteiger partial charge in [0.05, 0.1) is 6.61 Å². The number of halogens is 1. The molecule has 0 fully saturated rings. The van der Waals surface area contributed by atoms with Crippen molar-refractivity contribution < 1.29 is 4.74 Å². The van der Waals surface area contributed by atoms with Crippen LogP contribution in [0.15, 0.2) is 36.4 Å². The van der Waals surface area contributed by atoms with Gasteiger partial charge in [-0.2, -0.15) is 0 Å². The van der Waals surface area contributed by atoms with E-state index in [0.717, 1.165) is 41.5 Å². The lowest BCUT2D eigenvalue weighted by molar-refractivity contribution is 0.357. The second-order valence-electron chi connectivity index (χ2n) is 5.44. The van der Waals surface area contributed by atoms with Crippen LogP contribution < -0.4 is 10.1 Å². The summed E-state index contributed by atoms with van der Waals surface area (Å²) in [5, 5.41) is 4.21. The van der Waals surface area contributed by atoms with Gasteiger partial charge < -0.3 is 10.1 Å². The highest BCUT2D eigenvalue weighted by molar-refractivity contribution is 6.31. The summed E-state index contributed by atoms with van der Waals surface area (Å²) in [7, 11) is 0. The smallest absolute Gasteiger partial charge is 0.122 e. The fraction of sp³-hybridized carbons (Fsp3) is 0.333. The molecule has 0 aromatic heterocycles.